The summed E-state index contributed by atoms with van der Waals surface area (Å²) in [6, 6.07) is 8.70. The number of carbonyl (C=O) groups excluding carboxylic acids is 5. The van der Waals surface area contributed by atoms with E-state index in [2.05, 4.69) is 5.32 Å². The number of carbonyl (C=O) groups is 5. The summed E-state index contributed by atoms with van der Waals surface area (Å²) in [6.45, 7) is 4.85. The largest absolute Gasteiger partial charge is 0.344 e. The molecule has 0 spiro atoms. The summed E-state index contributed by atoms with van der Waals surface area (Å²) < 4.78 is 0. The highest BCUT2D eigenvalue weighted by atomic mass is 16.2. The van der Waals surface area contributed by atoms with Crippen LogP contribution >= 0.6 is 0 Å². The molecular weight excluding hydrogens is 412 g/mol. The minimum atomic E-state index is -0.645. The Morgan fingerprint density at radius 1 is 0.906 bits per heavy atom. The molecule has 1 aromatic carbocycles. The molecule has 2 saturated heterocycles. The maximum absolute atomic E-state index is 13.1. The molecule has 3 rings (SSSR count). The third kappa shape index (κ3) is 5.72. The van der Waals surface area contributed by atoms with Crippen molar-refractivity contribution in [1.82, 2.24) is 20.0 Å². The first kappa shape index (κ1) is 23.4. The molecule has 2 aliphatic heterocycles. The summed E-state index contributed by atoms with van der Waals surface area (Å²) in [7, 11) is 0. The predicted molar refractivity (Wildman–Crippen MR) is 116 cm³/mol. The van der Waals surface area contributed by atoms with E-state index in [1.165, 1.54) is 0 Å². The van der Waals surface area contributed by atoms with E-state index in [0.717, 1.165) is 10.5 Å². The van der Waals surface area contributed by atoms with Crippen LogP contribution in [0.3, 0.4) is 0 Å². The zero-order valence-corrected chi connectivity index (χ0v) is 18.6. The van der Waals surface area contributed by atoms with Crippen LogP contribution in [0.2, 0.25) is 0 Å². The molecule has 1 aromatic rings. The van der Waals surface area contributed by atoms with Gasteiger partial charge < -0.3 is 15.1 Å². The van der Waals surface area contributed by atoms with Crippen LogP contribution in [0.5, 0.6) is 0 Å². The Morgan fingerprint density at radius 2 is 1.47 bits per heavy atom. The van der Waals surface area contributed by atoms with Crippen LogP contribution in [-0.2, 0) is 30.4 Å². The molecule has 32 heavy (non-hydrogen) atoms. The molecule has 2 heterocycles. The van der Waals surface area contributed by atoms with Crippen molar-refractivity contribution < 1.29 is 24.0 Å². The quantitative estimate of drug-likeness (QED) is 0.607. The number of amides is 5. The second-order valence-electron chi connectivity index (χ2n) is 8.53. The summed E-state index contributed by atoms with van der Waals surface area (Å²) in [4.78, 5) is 65.8. The lowest BCUT2D eigenvalue weighted by molar-refractivity contribution is -0.147. The van der Waals surface area contributed by atoms with Crippen LogP contribution in [0.15, 0.2) is 30.3 Å². The Labute approximate surface area is 187 Å². The van der Waals surface area contributed by atoms with Crippen LogP contribution in [0.4, 0.5) is 0 Å². The zero-order valence-electron chi connectivity index (χ0n) is 18.6. The molecule has 0 radical (unpaired) electrons. The van der Waals surface area contributed by atoms with Crippen molar-refractivity contribution in [3.63, 3.8) is 0 Å². The zero-order chi connectivity index (χ0) is 23.3. The number of nitrogens with zero attached hydrogens (tertiary/aromatic N) is 3. The lowest BCUT2D eigenvalue weighted by atomic mass is 10.0. The van der Waals surface area contributed by atoms with Gasteiger partial charge in [-0.1, -0.05) is 44.2 Å². The third-order valence-electron chi connectivity index (χ3n) is 5.85. The SMILES string of the molecule is CC(C)[C@@H](NC(=O)Cc1ccccc1)C(=O)N1CCN(C(=O)CN2C(=O)CCC2=O)CC1. The Bertz CT molecular complexity index is 862. The average molecular weight is 443 g/mol. The van der Waals surface area contributed by atoms with Crippen molar-refractivity contribution in [3.05, 3.63) is 35.9 Å². The maximum atomic E-state index is 13.1. The van der Waals surface area contributed by atoms with E-state index in [0.29, 0.717) is 26.2 Å². The van der Waals surface area contributed by atoms with E-state index < -0.39 is 6.04 Å². The second-order valence-corrected chi connectivity index (χ2v) is 8.53. The molecule has 1 atom stereocenters. The Morgan fingerprint density at radius 3 is 2.03 bits per heavy atom. The molecule has 2 fully saturated rings. The third-order valence-corrected chi connectivity index (χ3v) is 5.85. The van der Waals surface area contributed by atoms with E-state index in [4.69, 9.17) is 0 Å². The van der Waals surface area contributed by atoms with Crippen LogP contribution in [0, 0.1) is 5.92 Å². The Kier molecular flexibility index (Phi) is 7.61. The molecule has 0 saturated carbocycles. The number of hydrogen-bond donors (Lipinski definition) is 1. The standard InChI is InChI=1S/C23H30N4O5/c1-16(2)22(24-18(28)14-17-6-4-3-5-7-17)23(32)26-12-10-25(11-13-26)21(31)15-27-19(29)8-9-20(27)30/h3-7,16,22H,8-15H2,1-2H3,(H,24,28)/t22-/m1/s1. The average Bonchev–Trinajstić information content (AvgIpc) is 3.09. The fourth-order valence-corrected chi connectivity index (χ4v) is 3.93. The molecular formula is C23H30N4O5. The summed E-state index contributed by atoms with van der Waals surface area (Å²) in [5.41, 5.74) is 0.877. The van der Waals surface area contributed by atoms with Gasteiger partial charge in [-0.2, -0.15) is 0 Å². The molecule has 9 heteroatoms. The van der Waals surface area contributed by atoms with Gasteiger partial charge in [0, 0.05) is 39.0 Å². The van der Waals surface area contributed by atoms with Gasteiger partial charge in [-0.15, -0.1) is 0 Å². The molecule has 1 N–H and O–H groups in total. The van der Waals surface area contributed by atoms with Crippen molar-refractivity contribution in [2.45, 2.75) is 39.2 Å². The monoisotopic (exact) mass is 442 g/mol. The topological polar surface area (TPSA) is 107 Å². The number of imide groups is 1. The van der Waals surface area contributed by atoms with Crippen LogP contribution in [0.25, 0.3) is 0 Å². The van der Waals surface area contributed by atoms with E-state index in [1.54, 1.807) is 9.80 Å². The summed E-state index contributed by atoms with van der Waals surface area (Å²) in [5, 5.41) is 2.86. The number of nitrogens with one attached hydrogen (secondary N) is 1. The van der Waals surface area contributed by atoms with Crippen molar-refractivity contribution in [2.24, 2.45) is 5.92 Å². The molecule has 2 aliphatic rings. The summed E-state index contributed by atoms with van der Waals surface area (Å²) in [6.07, 6.45) is 0.509. The minimum absolute atomic E-state index is 0.0888. The number of benzene rings is 1. The van der Waals surface area contributed by atoms with E-state index in [1.807, 2.05) is 44.2 Å². The number of rotatable bonds is 7. The van der Waals surface area contributed by atoms with Gasteiger partial charge in [-0.05, 0) is 11.5 Å². The predicted octanol–water partition coefficient (Wildman–Crippen LogP) is 0.190. The maximum Gasteiger partial charge on any atom is 0.245 e. The molecule has 0 aromatic heterocycles. The van der Waals surface area contributed by atoms with Crippen LogP contribution < -0.4 is 5.32 Å². The van der Waals surface area contributed by atoms with Gasteiger partial charge in [0.1, 0.15) is 12.6 Å². The first-order chi connectivity index (χ1) is 15.3. The Balaban J connectivity index is 1.51. The van der Waals surface area contributed by atoms with Crippen molar-refractivity contribution in [2.75, 3.05) is 32.7 Å². The van der Waals surface area contributed by atoms with Gasteiger partial charge in [-0.25, -0.2) is 0 Å². The molecule has 172 valence electrons. The highest BCUT2D eigenvalue weighted by molar-refractivity contribution is 6.04. The minimum Gasteiger partial charge on any atom is -0.344 e. The normalized spacial score (nSPS) is 17.7. The first-order valence-electron chi connectivity index (χ1n) is 11.0. The van der Waals surface area contributed by atoms with Crippen molar-refractivity contribution in [1.29, 1.82) is 0 Å². The molecule has 0 aliphatic carbocycles. The fourth-order valence-electron chi connectivity index (χ4n) is 3.93. The number of likely N-dealkylation sites (tertiary alicyclic amines) is 1. The van der Waals surface area contributed by atoms with Gasteiger partial charge in [-0.3, -0.25) is 28.9 Å². The Hall–Kier alpha value is -3.23. The van der Waals surface area contributed by atoms with Crippen LogP contribution in [0.1, 0.15) is 32.3 Å². The highest BCUT2D eigenvalue weighted by Gasteiger charge is 2.34. The van der Waals surface area contributed by atoms with Crippen molar-refractivity contribution in [3.8, 4) is 0 Å². The lowest BCUT2D eigenvalue weighted by Crippen LogP contribution is -2.58. The molecule has 0 unspecified atom stereocenters. The molecule has 0 bridgehead atoms. The van der Waals surface area contributed by atoms with Crippen LogP contribution in [-0.4, -0.2) is 83.0 Å². The van der Waals surface area contributed by atoms with E-state index in [9.17, 15) is 24.0 Å². The van der Waals surface area contributed by atoms with E-state index >= 15 is 0 Å². The number of hydrogen-bond acceptors (Lipinski definition) is 5. The number of piperazine rings is 1. The second kappa shape index (κ2) is 10.4. The lowest BCUT2D eigenvalue weighted by Gasteiger charge is -2.37. The first-order valence-corrected chi connectivity index (χ1v) is 11.0. The van der Waals surface area contributed by atoms with Gasteiger partial charge in [0.2, 0.25) is 29.5 Å². The smallest absolute Gasteiger partial charge is 0.245 e. The highest BCUT2D eigenvalue weighted by Crippen LogP contribution is 2.14. The molecule has 5 amide bonds. The summed E-state index contributed by atoms with van der Waals surface area (Å²) in [5.74, 6) is -1.40. The van der Waals surface area contributed by atoms with Gasteiger partial charge >= 0.3 is 0 Å². The van der Waals surface area contributed by atoms with Gasteiger partial charge in [0.25, 0.3) is 0 Å². The van der Waals surface area contributed by atoms with Gasteiger partial charge in [0.05, 0.1) is 6.42 Å². The van der Waals surface area contributed by atoms with Gasteiger partial charge in [0.15, 0.2) is 0 Å². The summed E-state index contributed by atoms with van der Waals surface area (Å²) >= 11 is 0. The fraction of sp³-hybridized carbons (Fsp3) is 0.522. The van der Waals surface area contributed by atoms with Crippen molar-refractivity contribution >= 4 is 29.5 Å². The van der Waals surface area contributed by atoms with E-state index in [-0.39, 0.29) is 61.3 Å². The molecule has 9 nitrogen and oxygen atoms in total.